The summed E-state index contributed by atoms with van der Waals surface area (Å²) in [6.07, 6.45) is 0.0937. The summed E-state index contributed by atoms with van der Waals surface area (Å²) in [5, 5.41) is 2.90. The van der Waals surface area contributed by atoms with Crippen LogP contribution in [0.1, 0.15) is 73.3 Å². The predicted octanol–water partition coefficient (Wildman–Crippen LogP) is 4.90. The van der Waals surface area contributed by atoms with E-state index in [9.17, 15) is 19.2 Å². The number of benzene rings is 1. The largest absolute Gasteiger partial charge is 0.511 e. The molecule has 0 aromatic heterocycles. The van der Waals surface area contributed by atoms with E-state index in [0.29, 0.717) is 44.0 Å². The van der Waals surface area contributed by atoms with Crippen molar-refractivity contribution in [2.45, 2.75) is 86.3 Å². The zero-order valence-corrected chi connectivity index (χ0v) is 31.3. The molecule has 1 aromatic carbocycles. The van der Waals surface area contributed by atoms with Gasteiger partial charge in [0.2, 0.25) is 18.6 Å². The Morgan fingerprint density at radius 2 is 1.72 bits per heavy atom. The van der Waals surface area contributed by atoms with Crippen molar-refractivity contribution < 1.29 is 52.3 Å². The molecule has 4 atom stereocenters. The summed E-state index contributed by atoms with van der Waals surface area (Å²) in [4.78, 5) is 51.8. The van der Waals surface area contributed by atoms with Gasteiger partial charge in [0.15, 0.2) is 11.5 Å². The quantitative estimate of drug-likeness (QED) is 0.101. The van der Waals surface area contributed by atoms with Crippen molar-refractivity contribution >= 4 is 24.1 Å². The number of hydrogen-bond donors (Lipinski definition) is 2. The number of carbonyl (C=O) groups is 4. The van der Waals surface area contributed by atoms with Crippen molar-refractivity contribution in [2.75, 3.05) is 54.1 Å². The van der Waals surface area contributed by atoms with E-state index in [-0.39, 0.29) is 43.5 Å². The van der Waals surface area contributed by atoms with Gasteiger partial charge in [-0.2, -0.15) is 0 Å². The van der Waals surface area contributed by atoms with E-state index in [4.69, 9.17) is 38.9 Å². The van der Waals surface area contributed by atoms with Crippen LogP contribution in [0, 0.1) is 29.1 Å². The second kappa shape index (κ2) is 20.8. The Morgan fingerprint density at radius 3 is 2.32 bits per heavy atom. The van der Waals surface area contributed by atoms with Crippen LogP contribution >= 0.6 is 0 Å². The first kappa shape index (κ1) is 42.4. The second-order valence-electron chi connectivity index (χ2n) is 13.9. The van der Waals surface area contributed by atoms with E-state index >= 15 is 0 Å². The van der Waals surface area contributed by atoms with E-state index in [1.807, 2.05) is 32.0 Å². The van der Waals surface area contributed by atoms with E-state index in [1.54, 1.807) is 35.0 Å². The van der Waals surface area contributed by atoms with Gasteiger partial charge >= 0.3 is 12.2 Å². The molecule has 1 heterocycles. The van der Waals surface area contributed by atoms with E-state index in [2.05, 4.69) is 19.2 Å². The molecule has 14 heteroatoms. The third-order valence-corrected chi connectivity index (χ3v) is 9.08. The van der Waals surface area contributed by atoms with Crippen LogP contribution in [0.25, 0.3) is 0 Å². The fourth-order valence-corrected chi connectivity index (χ4v) is 5.66. The SMILES string of the molecule is CCOC(=O)OCOC(=O)N1COC(C[C@H](C(=O)NCC(C)(C)C(N)=O)C(C)C)C1C[C@@H](Cc1ccc(OC)c(OCCCOC)c1)C(C)C. The van der Waals surface area contributed by atoms with Crippen molar-refractivity contribution in [1.29, 1.82) is 0 Å². The smallest absolute Gasteiger partial charge is 0.493 e. The molecule has 1 aliphatic heterocycles. The zero-order valence-electron chi connectivity index (χ0n) is 31.3. The van der Waals surface area contributed by atoms with Gasteiger partial charge in [0, 0.05) is 32.6 Å². The van der Waals surface area contributed by atoms with Crippen molar-refractivity contribution in [1.82, 2.24) is 10.2 Å². The first-order chi connectivity index (χ1) is 23.6. The van der Waals surface area contributed by atoms with Crippen LogP contribution in [0.2, 0.25) is 0 Å². The number of nitrogens with two attached hydrogens (primary N) is 1. The molecule has 1 saturated heterocycles. The van der Waals surface area contributed by atoms with E-state index in [1.165, 1.54) is 4.90 Å². The van der Waals surface area contributed by atoms with Crippen molar-refractivity contribution in [3.8, 4) is 11.5 Å². The molecule has 1 aliphatic rings. The highest BCUT2D eigenvalue weighted by Crippen LogP contribution is 2.36. The number of hydrogen-bond acceptors (Lipinski definition) is 11. The summed E-state index contributed by atoms with van der Waals surface area (Å²) in [5.74, 6) is 0.263. The predicted molar refractivity (Wildman–Crippen MR) is 185 cm³/mol. The minimum atomic E-state index is -0.945. The van der Waals surface area contributed by atoms with Crippen molar-refractivity contribution in [2.24, 2.45) is 34.8 Å². The Kier molecular flexibility index (Phi) is 17.6. The highest BCUT2D eigenvalue weighted by Gasteiger charge is 2.43. The van der Waals surface area contributed by atoms with Crippen LogP contribution in [-0.4, -0.2) is 95.2 Å². The first-order valence-electron chi connectivity index (χ1n) is 17.4. The van der Waals surface area contributed by atoms with Gasteiger partial charge in [-0.15, -0.1) is 0 Å². The standard InChI is InChI=1S/C36H59N3O11/c1-10-46-35(43)50-22-49-34(42)39-21-48-30(19-27(24(4)5)32(40)38-20-36(6,7)33(37)41)28(39)18-26(23(2)3)16-25-12-13-29(45-9)31(17-25)47-15-11-14-44-8/h12-13,17,23-24,26-28,30H,10-11,14-16,18-22H2,1-9H3,(H2,37,41)(H,38,40)/t26-,27+,28?,30?/m1/s1. The zero-order chi connectivity index (χ0) is 37.4. The Hall–Kier alpha value is -3.78. The van der Waals surface area contributed by atoms with Crippen molar-refractivity contribution in [3.63, 3.8) is 0 Å². The molecular weight excluding hydrogens is 650 g/mol. The summed E-state index contributed by atoms with van der Waals surface area (Å²) in [6, 6.07) is 5.41. The molecular formula is C36H59N3O11. The summed E-state index contributed by atoms with van der Waals surface area (Å²) in [6.45, 7) is 13.7. The Balaban J connectivity index is 2.34. The molecule has 0 saturated carbocycles. The van der Waals surface area contributed by atoms with Crippen LogP contribution in [0.4, 0.5) is 9.59 Å². The van der Waals surface area contributed by atoms with Gasteiger partial charge in [0.05, 0.1) is 37.9 Å². The highest BCUT2D eigenvalue weighted by atomic mass is 16.8. The molecule has 0 bridgehead atoms. The molecule has 0 aliphatic carbocycles. The van der Waals surface area contributed by atoms with Crippen LogP contribution in [0.15, 0.2) is 18.2 Å². The highest BCUT2D eigenvalue weighted by molar-refractivity contribution is 5.83. The van der Waals surface area contributed by atoms with Crippen molar-refractivity contribution in [3.05, 3.63) is 23.8 Å². The third-order valence-electron chi connectivity index (χ3n) is 9.08. The van der Waals surface area contributed by atoms with Gasteiger partial charge in [-0.05, 0) is 75.5 Å². The van der Waals surface area contributed by atoms with Gasteiger partial charge in [0.1, 0.15) is 6.73 Å². The number of nitrogens with zero attached hydrogens (tertiary/aromatic N) is 1. The molecule has 1 aromatic rings. The maximum absolute atomic E-state index is 13.5. The van der Waals surface area contributed by atoms with Crippen LogP contribution < -0.4 is 20.5 Å². The molecule has 0 radical (unpaired) electrons. The average molecular weight is 710 g/mol. The fourth-order valence-electron chi connectivity index (χ4n) is 5.66. The van der Waals surface area contributed by atoms with Gasteiger partial charge in [-0.25, -0.2) is 9.59 Å². The maximum Gasteiger partial charge on any atom is 0.511 e. The molecule has 3 amide bonds. The number of rotatable bonds is 21. The molecule has 3 N–H and O–H groups in total. The van der Waals surface area contributed by atoms with Gasteiger partial charge in [-0.3, -0.25) is 14.5 Å². The topological polar surface area (TPSA) is 174 Å². The lowest BCUT2D eigenvalue weighted by Gasteiger charge is -2.33. The lowest BCUT2D eigenvalue weighted by molar-refractivity contribution is -0.130. The minimum Gasteiger partial charge on any atom is -0.493 e. The lowest BCUT2D eigenvalue weighted by atomic mass is 9.80. The molecule has 2 unspecified atom stereocenters. The Bertz CT molecular complexity index is 1240. The normalized spacial score (nSPS) is 17.3. The van der Waals surface area contributed by atoms with Crippen LogP contribution in [0.3, 0.4) is 0 Å². The number of carbonyl (C=O) groups excluding carboxylic acids is 4. The second-order valence-corrected chi connectivity index (χ2v) is 13.9. The molecule has 2 rings (SSSR count). The molecule has 0 spiro atoms. The lowest BCUT2D eigenvalue weighted by Crippen LogP contribution is -2.47. The molecule has 14 nitrogen and oxygen atoms in total. The number of methoxy groups -OCH3 is 2. The summed E-state index contributed by atoms with van der Waals surface area (Å²) < 4.78 is 37.8. The van der Waals surface area contributed by atoms with Crippen LogP contribution in [-0.2, 0) is 39.7 Å². The van der Waals surface area contributed by atoms with Crippen LogP contribution in [0.5, 0.6) is 11.5 Å². The molecule has 284 valence electrons. The Morgan fingerprint density at radius 1 is 1.00 bits per heavy atom. The number of ether oxygens (including phenoxy) is 7. The Labute approximate surface area is 296 Å². The summed E-state index contributed by atoms with van der Waals surface area (Å²) >= 11 is 0. The maximum atomic E-state index is 13.5. The van der Waals surface area contributed by atoms with E-state index < -0.39 is 48.4 Å². The average Bonchev–Trinajstić information content (AvgIpc) is 3.46. The first-order valence-corrected chi connectivity index (χ1v) is 17.4. The fraction of sp³-hybridized carbons (Fsp3) is 0.722. The number of nitrogens with one attached hydrogen (secondary N) is 1. The van der Waals surface area contributed by atoms with Gasteiger partial charge < -0.3 is 44.2 Å². The third kappa shape index (κ3) is 13.2. The molecule has 50 heavy (non-hydrogen) atoms. The van der Waals surface area contributed by atoms with E-state index in [0.717, 1.165) is 12.0 Å². The van der Waals surface area contributed by atoms with Gasteiger partial charge in [0.25, 0.3) is 0 Å². The summed E-state index contributed by atoms with van der Waals surface area (Å²) in [7, 11) is 3.25. The monoisotopic (exact) mass is 709 g/mol. The summed E-state index contributed by atoms with van der Waals surface area (Å²) in [5.41, 5.74) is 5.64. The minimum absolute atomic E-state index is 0.0679. The number of amides is 3. The molecule has 1 fully saturated rings. The van der Waals surface area contributed by atoms with Gasteiger partial charge in [-0.1, -0.05) is 33.8 Å². The number of primary amides is 1.